The second kappa shape index (κ2) is 12.8. The number of carbonyl (C=O) groups is 1. The minimum atomic E-state index is -0.820. The maximum atomic E-state index is 11.5. The summed E-state index contributed by atoms with van der Waals surface area (Å²) < 4.78 is 11.5. The minimum absolute atomic E-state index is 0.0111. The molecule has 11 nitrogen and oxygen atoms in total. The van der Waals surface area contributed by atoms with E-state index in [-0.39, 0.29) is 24.4 Å². The summed E-state index contributed by atoms with van der Waals surface area (Å²) in [6, 6.07) is 15.4. The molecule has 1 heterocycles. The third-order valence-corrected chi connectivity index (χ3v) is 6.53. The molecule has 1 fully saturated rings. The summed E-state index contributed by atoms with van der Waals surface area (Å²) in [5, 5.41) is 28.6. The van der Waals surface area contributed by atoms with E-state index in [1.54, 1.807) is 24.3 Å². The van der Waals surface area contributed by atoms with Crippen LogP contribution in [0, 0.1) is 16.0 Å². The van der Waals surface area contributed by atoms with Crippen LogP contribution in [0.1, 0.15) is 42.6 Å². The number of carbonyl (C=O) groups excluding carboxylic acids is 1. The summed E-state index contributed by atoms with van der Waals surface area (Å²) in [4.78, 5) is 26.3. The van der Waals surface area contributed by atoms with Crippen LogP contribution in [0.5, 0.6) is 17.4 Å². The molecule has 1 aliphatic rings. The van der Waals surface area contributed by atoms with Gasteiger partial charge in [-0.3, -0.25) is 14.9 Å². The van der Waals surface area contributed by atoms with Crippen LogP contribution < -0.4 is 25.8 Å². The lowest BCUT2D eigenvalue weighted by Gasteiger charge is -2.28. The van der Waals surface area contributed by atoms with Crippen LogP contribution >= 0.6 is 0 Å². The van der Waals surface area contributed by atoms with Gasteiger partial charge in [0.05, 0.1) is 10.5 Å². The van der Waals surface area contributed by atoms with Crippen molar-refractivity contribution in [2.75, 3.05) is 25.0 Å². The van der Waals surface area contributed by atoms with E-state index in [1.807, 2.05) is 38.1 Å². The molecule has 1 saturated carbocycles. The number of benzene rings is 2. The van der Waals surface area contributed by atoms with Crippen LogP contribution in [0.4, 0.5) is 11.4 Å². The molecule has 5 N–H and O–H groups in total. The maximum absolute atomic E-state index is 11.5. The second-order valence-electron chi connectivity index (χ2n) is 10.6. The van der Waals surface area contributed by atoms with Crippen LogP contribution in [0.25, 0.3) is 0 Å². The van der Waals surface area contributed by atoms with Gasteiger partial charge in [0.15, 0.2) is 5.69 Å². The number of primary amides is 1. The molecule has 0 spiro atoms. The minimum Gasteiger partial charge on any atom is -0.488 e. The van der Waals surface area contributed by atoms with Crippen molar-refractivity contribution in [3.05, 3.63) is 82.0 Å². The fourth-order valence-corrected chi connectivity index (χ4v) is 4.13. The zero-order valence-corrected chi connectivity index (χ0v) is 22.6. The second-order valence-corrected chi connectivity index (χ2v) is 10.6. The first-order valence-corrected chi connectivity index (χ1v) is 13.2. The lowest BCUT2D eigenvalue weighted by molar-refractivity contribution is -0.384. The van der Waals surface area contributed by atoms with Crippen LogP contribution in [-0.4, -0.2) is 52.3 Å². The van der Waals surface area contributed by atoms with Crippen LogP contribution in [0.2, 0.25) is 0 Å². The predicted octanol–water partition coefficient (Wildman–Crippen LogP) is 4.05. The van der Waals surface area contributed by atoms with Gasteiger partial charge in [-0.05, 0) is 68.9 Å². The first-order valence-electron chi connectivity index (χ1n) is 13.2. The number of nitro benzene ring substituents is 1. The SMILES string of the molecule is CC(C)(Cc1ccc(Oc2ccc(C(N)=O)cn2)cc1)NCC(O)COc1cccc([N+](=O)[O-])c1NCC1CC1. The molecule has 2 aromatic carbocycles. The lowest BCUT2D eigenvalue weighted by atomic mass is 9.94. The molecule has 0 aliphatic heterocycles. The summed E-state index contributed by atoms with van der Waals surface area (Å²) in [6.45, 7) is 5.00. The number of hydrogen-bond donors (Lipinski definition) is 4. The van der Waals surface area contributed by atoms with Crippen LogP contribution in [0.15, 0.2) is 60.8 Å². The largest absolute Gasteiger partial charge is 0.488 e. The van der Waals surface area contributed by atoms with Gasteiger partial charge in [-0.15, -0.1) is 0 Å². The van der Waals surface area contributed by atoms with E-state index in [0.29, 0.717) is 47.5 Å². The smallest absolute Gasteiger partial charge is 0.296 e. The number of β-amino-alcohol motifs (C(OH)–C–C–N with tert-alkyl or cyclic N) is 1. The molecule has 4 rings (SSSR count). The first kappa shape index (κ1) is 28.8. The number of nitrogens with two attached hydrogens (primary N) is 1. The first-order chi connectivity index (χ1) is 19.1. The van der Waals surface area contributed by atoms with Gasteiger partial charge in [-0.2, -0.15) is 0 Å². The summed E-state index contributed by atoms with van der Waals surface area (Å²) in [5.41, 5.74) is 6.58. The molecule has 11 heteroatoms. The fourth-order valence-electron chi connectivity index (χ4n) is 4.13. The summed E-state index contributed by atoms with van der Waals surface area (Å²) in [6.07, 6.45) is 3.47. The number of aliphatic hydroxyl groups excluding tert-OH is 1. The Labute approximate surface area is 232 Å². The van der Waals surface area contributed by atoms with Crippen molar-refractivity contribution in [1.29, 1.82) is 0 Å². The van der Waals surface area contributed by atoms with Gasteiger partial charge in [0, 0.05) is 37.0 Å². The van der Waals surface area contributed by atoms with Gasteiger partial charge in [-0.1, -0.05) is 18.2 Å². The van der Waals surface area contributed by atoms with Crippen molar-refractivity contribution in [1.82, 2.24) is 10.3 Å². The number of nitrogens with zero attached hydrogens (tertiary/aromatic N) is 2. The predicted molar refractivity (Wildman–Crippen MR) is 151 cm³/mol. The summed E-state index contributed by atoms with van der Waals surface area (Å²) >= 11 is 0. The van der Waals surface area contributed by atoms with Gasteiger partial charge in [-0.25, -0.2) is 4.98 Å². The van der Waals surface area contributed by atoms with Gasteiger partial charge < -0.3 is 30.9 Å². The van der Waals surface area contributed by atoms with E-state index in [2.05, 4.69) is 15.6 Å². The number of amides is 1. The molecular weight excluding hydrogens is 514 g/mol. The van der Waals surface area contributed by atoms with Crippen LogP contribution in [-0.2, 0) is 6.42 Å². The van der Waals surface area contributed by atoms with Crippen molar-refractivity contribution in [3.8, 4) is 17.4 Å². The summed E-state index contributed by atoms with van der Waals surface area (Å²) in [7, 11) is 0. The Hall–Kier alpha value is -4.22. The number of ether oxygens (including phenoxy) is 2. The third-order valence-electron chi connectivity index (χ3n) is 6.53. The Morgan fingerprint density at radius 2 is 1.95 bits per heavy atom. The molecule has 3 aromatic rings. The molecule has 1 unspecified atom stereocenters. The van der Waals surface area contributed by atoms with Crippen molar-refractivity contribution in [3.63, 3.8) is 0 Å². The van der Waals surface area contributed by atoms with E-state index in [0.717, 1.165) is 18.4 Å². The molecule has 1 atom stereocenters. The average molecular weight is 550 g/mol. The Morgan fingerprint density at radius 1 is 1.20 bits per heavy atom. The van der Waals surface area contributed by atoms with Crippen molar-refractivity contribution in [2.24, 2.45) is 11.7 Å². The number of para-hydroxylation sites is 1. The van der Waals surface area contributed by atoms with Crippen molar-refractivity contribution >= 4 is 17.3 Å². The van der Waals surface area contributed by atoms with E-state index in [1.165, 1.54) is 12.3 Å². The van der Waals surface area contributed by atoms with E-state index in [4.69, 9.17) is 15.2 Å². The molecular formula is C29H35N5O6. The molecule has 0 radical (unpaired) electrons. The molecule has 0 bridgehead atoms. The maximum Gasteiger partial charge on any atom is 0.296 e. The standard InChI is InChI=1S/C29H35N5O6/c1-29(2,14-19-8-11-23(12-9-19)40-26-13-10-21(16-31-26)28(30)36)33-17-22(35)18-39-25-5-3-4-24(34(37)38)27(25)32-15-20-6-7-20/h3-5,8-13,16,20,22,32-33,35H,6-7,14-15,17-18H2,1-2H3,(H2,30,36). The van der Waals surface area contributed by atoms with Crippen molar-refractivity contribution in [2.45, 2.75) is 44.8 Å². The van der Waals surface area contributed by atoms with Crippen LogP contribution in [0.3, 0.4) is 0 Å². The van der Waals surface area contributed by atoms with E-state index >= 15 is 0 Å². The Bertz CT molecular complexity index is 1310. The molecule has 0 saturated heterocycles. The highest BCUT2D eigenvalue weighted by atomic mass is 16.6. The van der Waals surface area contributed by atoms with Gasteiger partial charge in [0.2, 0.25) is 11.8 Å². The normalized spacial score (nSPS) is 13.9. The highest BCUT2D eigenvalue weighted by Gasteiger charge is 2.25. The number of rotatable bonds is 15. The van der Waals surface area contributed by atoms with E-state index < -0.39 is 16.9 Å². The molecule has 40 heavy (non-hydrogen) atoms. The Morgan fingerprint density at radius 3 is 2.58 bits per heavy atom. The number of pyridine rings is 1. The third kappa shape index (κ3) is 8.39. The highest BCUT2D eigenvalue weighted by molar-refractivity contribution is 5.92. The van der Waals surface area contributed by atoms with E-state index in [9.17, 15) is 20.0 Å². The van der Waals surface area contributed by atoms with Crippen molar-refractivity contribution < 1.29 is 24.3 Å². The zero-order valence-electron chi connectivity index (χ0n) is 22.6. The topological polar surface area (TPSA) is 162 Å². The monoisotopic (exact) mass is 549 g/mol. The Kier molecular flexibility index (Phi) is 9.18. The number of nitro groups is 1. The van der Waals surface area contributed by atoms with Gasteiger partial charge >= 0.3 is 0 Å². The van der Waals surface area contributed by atoms with Gasteiger partial charge in [0.1, 0.15) is 24.2 Å². The molecule has 1 aromatic heterocycles. The zero-order chi connectivity index (χ0) is 28.7. The number of nitrogens with one attached hydrogen (secondary N) is 2. The molecule has 1 aliphatic carbocycles. The number of hydrogen-bond acceptors (Lipinski definition) is 9. The summed E-state index contributed by atoms with van der Waals surface area (Å²) in [5.74, 6) is 1.30. The molecule has 1 amide bonds. The Balaban J connectivity index is 1.26. The number of anilines is 1. The molecule has 212 valence electrons. The number of aliphatic hydroxyl groups is 1. The fraction of sp³-hybridized carbons (Fsp3) is 0.379. The quantitative estimate of drug-likeness (QED) is 0.162. The average Bonchev–Trinajstić information content (AvgIpc) is 3.75. The van der Waals surface area contributed by atoms with Gasteiger partial charge in [0.25, 0.3) is 5.69 Å². The number of aromatic nitrogens is 1. The lowest BCUT2D eigenvalue weighted by Crippen LogP contribution is -2.46. The highest BCUT2D eigenvalue weighted by Crippen LogP contribution is 2.36.